The van der Waals surface area contributed by atoms with E-state index in [0.29, 0.717) is 12.5 Å². The molecule has 1 atom stereocenters. The molecule has 0 saturated carbocycles. The Morgan fingerprint density at radius 2 is 1.81 bits per heavy atom. The Bertz CT molecular complexity index is 443. The fraction of sp³-hybridized carbons (Fsp3) is 0.562. The number of hydrogen-bond acceptors (Lipinski definition) is 2. The van der Waals surface area contributed by atoms with E-state index in [4.69, 9.17) is 0 Å². The molecular weight excluding hydrogens is 274 g/mol. The molecule has 0 aliphatic heterocycles. The topological polar surface area (TPSA) is 41.1 Å². The predicted octanol–water partition coefficient (Wildman–Crippen LogP) is 2.79. The second-order valence-corrected chi connectivity index (χ2v) is 5.59. The number of amides is 1. The first-order chi connectivity index (χ1) is 9.90. The van der Waals surface area contributed by atoms with E-state index in [0.717, 1.165) is 13.0 Å². The van der Waals surface area contributed by atoms with E-state index in [1.165, 1.54) is 18.2 Å². The maximum absolute atomic E-state index is 13.5. The fourth-order valence-corrected chi connectivity index (χ4v) is 2.07. The Morgan fingerprint density at radius 1 is 1.19 bits per heavy atom. The summed E-state index contributed by atoms with van der Waals surface area (Å²) in [4.78, 5) is 11.7. The van der Waals surface area contributed by atoms with Crippen LogP contribution in [0.5, 0.6) is 0 Å². The molecule has 0 spiro atoms. The lowest BCUT2D eigenvalue weighted by molar-refractivity contribution is -0.121. The molecule has 1 aromatic rings. The molecule has 0 aromatic heterocycles. The molecule has 1 amide bonds. The van der Waals surface area contributed by atoms with E-state index in [9.17, 15) is 13.6 Å². The number of nitrogens with one attached hydrogen (secondary N) is 2. The summed E-state index contributed by atoms with van der Waals surface area (Å²) < 4.78 is 27.0. The van der Waals surface area contributed by atoms with Crippen molar-refractivity contribution in [1.29, 1.82) is 0 Å². The fourth-order valence-electron chi connectivity index (χ4n) is 2.07. The second kappa shape index (κ2) is 8.72. The highest BCUT2D eigenvalue weighted by atomic mass is 19.1. The van der Waals surface area contributed by atoms with E-state index in [1.54, 1.807) is 6.92 Å². The summed E-state index contributed by atoms with van der Waals surface area (Å²) in [7, 11) is 0. The Labute approximate surface area is 125 Å². The first kappa shape index (κ1) is 17.6. The molecule has 1 rings (SSSR count). The van der Waals surface area contributed by atoms with Crippen molar-refractivity contribution in [2.75, 3.05) is 6.54 Å². The van der Waals surface area contributed by atoms with Gasteiger partial charge in [-0.25, -0.2) is 8.78 Å². The molecule has 0 aliphatic carbocycles. The van der Waals surface area contributed by atoms with Crippen LogP contribution in [0.3, 0.4) is 0 Å². The molecule has 3 nitrogen and oxygen atoms in total. The van der Waals surface area contributed by atoms with Crippen LogP contribution < -0.4 is 10.6 Å². The Kier molecular flexibility index (Phi) is 7.29. The molecule has 21 heavy (non-hydrogen) atoms. The minimum atomic E-state index is -0.572. The lowest BCUT2D eigenvalue weighted by Crippen LogP contribution is -2.35. The maximum Gasteiger partial charge on any atom is 0.220 e. The van der Waals surface area contributed by atoms with Gasteiger partial charge in [-0.2, -0.15) is 0 Å². The third-order valence-electron chi connectivity index (χ3n) is 3.11. The van der Waals surface area contributed by atoms with Crippen molar-refractivity contribution in [2.45, 2.75) is 52.1 Å². The van der Waals surface area contributed by atoms with Crippen LogP contribution in [0.25, 0.3) is 0 Å². The number of carbonyl (C=O) groups excluding carboxylic acids is 1. The smallest absolute Gasteiger partial charge is 0.220 e. The van der Waals surface area contributed by atoms with Gasteiger partial charge in [0.2, 0.25) is 5.91 Å². The Morgan fingerprint density at radius 3 is 2.38 bits per heavy atom. The van der Waals surface area contributed by atoms with Crippen LogP contribution in [0.2, 0.25) is 0 Å². The van der Waals surface area contributed by atoms with Gasteiger partial charge in [-0.1, -0.05) is 19.9 Å². The van der Waals surface area contributed by atoms with Crippen molar-refractivity contribution in [3.63, 3.8) is 0 Å². The van der Waals surface area contributed by atoms with Gasteiger partial charge in [0.15, 0.2) is 0 Å². The van der Waals surface area contributed by atoms with Crippen molar-refractivity contribution >= 4 is 5.91 Å². The van der Waals surface area contributed by atoms with E-state index >= 15 is 0 Å². The van der Waals surface area contributed by atoms with Crippen LogP contribution in [0.1, 0.15) is 39.2 Å². The second-order valence-electron chi connectivity index (χ2n) is 5.59. The molecule has 0 aliphatic rings. The van der Waals surface area contributed by atoms with Crippen molar-refractivity contribution in [1.82, 2.24) is 10.6 Å². The zero-order valence-corrected chi connectivity index (χ0v) is 12.9. The zero-order valence-electron chi connectivity index (χ0n) is 12.9. The van der Waals surface area contributed by atoms with Gasteiger partial charge < -0.3 is 10.6 Å². The van der Waals surface area contributed by atoms with Crippen LogP contribution in [0.15, 0.2) is 18.2 Å². The molecule has 1 unspecified atom stereocenters. The minimum Gasteiger partial charge on any atom is -0.353 e. The van der Waals surface area contributed by atoms with E-state index < -0.39 is 11.6 Å². The number of rotatable bonds is 8. The summed E-state index contributed by atoms with van der Waals surface area (Å²) in [6.45, 7) is 6.62. The molecule has 0 bridgehead atoms. The van der Waals surface area contributed by atoms with Gasteiger partial charge >= 0.3 is 0 Å². The number of carbonyl (C=O) groups is 1. The van der Waals surface area contributed by atoms with Crippen LogP contribution in [0, 0.1) is 11.6 Å². The zero-order chi connectivity index (χ0) is 15.8. The van der Waals surface area contributed by atoms with Crippen LogP contribution in [-0.4, -0.2) is 24.5 Å². The summed E-state index contributed by atoms with van der Waals surface area (Å²) in [5.41, 5.74) is 0.0202. The first-order valence-corrected chi connectivity index (χ1v) is 7.35. The molecule has 0 fully saturated rings. The molecule has 0 heterocycles. The first-order valence-electron chi connectivity index (χ1n) is 7.35. The third-order valence-corrected chi connectivity index (χ3v) is 3.11. The maximum atomic E-state index is 13.5. The van der Waals surface area contributed by atoms with Gasteiger partial charge in [-0.05, 0) is 38.4 Å². The van der Waals surface area contributed by atoms with Crippen molar-refractivity contribution in [3.8, 4) is 0 Å². The van der Waals surface area contributed by atoms with Crippen molar-refractivity contribution in [2.24, 2.45) is 0 Å². The molecule has 118 valence electrons. The van der Waals surface area contributed by atoms with Gasteiger partial charge in [0.1, 0.15) is 11.6 Å². The molecule has 2 N–H and O–H groups in total. The normalized spacial score (nSPS) is 12.5. The highest BCUT2D eigenvalue weighted by Gasteiger charge is 2.14. The summed E-state index contributed by atoms with van der Waals surface area (Å²) in [5, 5.41) is 6.00. The SMILES string of the molecule is CC(C)NCCCC(=O)NC(C)Cc1c(F)cccc1F. The highest BCUT2D eigenvalue weighted by Crippen LogP contribution is 2.14. The van der Waals surface area contributed by atoms with E-state index in [2.05, 4.69) is 10.6 Å². The summed E-state index contributed by atoms with van der Waals surface area (Å²) >= 11 is 0. The predicted molar refractivity (Wildman–Crippen MR) is 80.0 cm³/mol. The average molecular weight is 298 g/mol. The monoisotopic (exact) mass is 298 g/mol. The van der Waals surface area contributed by atoms with E-state index in [1.807, 2.05) is 13.8 Å². The third kappa shape index (κ3) is 6.67. The van der Waals surface area contributed by atoms with Crippen molar-refractivity contribution in [3.05, 3.63) is 35.4 Å². The number of hydrogen-bond donors (Lipinski definition) is 2. The molecule has 0 radical (unpaired) electrons. The molecular formula is C16H24F2N2O. The van der Waals surface area contributed by atoms with Gasteiger partial charge in [0.25, 0.3) is 0 Å². The average Bonchev–Trinajstić information content (AvgIpc) is 2.39. The molecule has 1 aromatic carbocycles. The van der Waals surface area contributed by atoms with Gasteiger partial charge in [-0.15, -0.1) is 0 Å². The lowest BCUT2D eigenvalue weighted by Gasteiger charge is -2.15. The van der Waals surface area contributed by atoms with Crippen LogP contribution >= 0.6 is 0 Å². The summed E-state index contributed by atoms with van der Waals surface area (Å²) in [6.07, 6.45) is 1.29. The quantitative estimate of drug-likeness (QED) is 0.725. The number of benzene rings is 1. The highest BCUT2D eigenvalue weighted by molar-refractivity contribution is 5.76. The van der Waals surface area contributed by atoms with E-state index in [-0.39, 0.29) is 23.9 Å². The number of halogens is 2. The molecule has 0 saturated heterocycles. The Balaban J connectivity index is 2.36. The van der Waals surface area contributed by atoms with Crippen LogP contribution in [0.4, 0.5) is 8.78 Å². The molecule has 5 heteroatoms. The van der Waals surface area contributed by atoms with Gasteiger partial charge in [0.05, 0.1) is 0 Å². The standard InChI is InChI=1S/C16H24F2N2O/c1-11(2)19-9-5-8-16(21)20-12(3)10-13-14(17)6-4-7-15(13)18/h4,6-7,11-12,19H,5,8-10H2,1-3H3,(H,20,21). The Hall–Kier alpha value is -1.49. The summed E-state index contributed by atoms with van der Waals surface area (Å²) in [6, 6.07) is 3.88. The largest absolute Gasteiger partial charge is 0.353 e. The van der Waals surface area contributed by atoms with Crippen LogP contribution in [-0.2, 0) is 11.2 Å². The van der Waals surface area contributed by atoms with Gasteiger partial charge in [0, 0.05) is 24.1 Å². The van der Waals surface area contributed by atoms with Gasteiger partial charge in [-0.3, -0.25) is 4.79 Å². The summed E-state index contributed by atoms with van der Waals surface area (Å²) in [5.74, 6) is -1.24. The lowest BCUT2D eigenvalue weighted by atomic mass is 10.1. The minimum absolute atomic E-state index is 0.0202. The van der Waals surface area contributed by atoms with Crippen molar-refractivity contribution < 1.29 is 13.6 Å².